The summed E-state index contributed by atoms with van der Waals surface area (Å²) < 4.78 is 5.23. The van der Waals surface area contributed by atoms with E-state index >= 15 is 0 Å². The Kier molecular flexibility index (Phi) is 4.82. The van der Waals surface area contributed by atoms with Crippen LogP contribution in [0.3, 0.4) is 0 Å². The fourth-order valence-electron chi connectivity index (χ4n) is 0.673. The first-order chi connectivity index (χ1) is 6.60. The molecule has 0 rings (SSSR count). The van der Waals surface area contributed by atoms with Crippen LogP contribution in [0.25, 0.3) is 0 Å². The first-order valence-electron chi connectivity index (χ1n) is 4.41. The number of rotatable bonds is 3. The largest absolute Gasteiger partial charge is 0.479 e. The standard InChI is InChI=1S/C9H16INO4/c1-8(2,3)15-7(14)11-9(4,5-10)6(12)13/h5H2,1-4H3,(H,11,14)(H,12,13). The van der Waals surface area contributed by atoms with Gasteiger partial charge in [-0.1, -0.05) is 22.6 Å². The van der Waals surface area contributed by atoms with Gasteiger partial charge >= 0.3 is 12.1 Å². The van der Waals surface area contributed by atoms with Gasteiger partial charge in [0, 0.05) is 4.43 Å². The quantitative estimate of drug-likeness (QED) is 0.611. The number of amides is 1. The molecule has 0 aromatic heterocycles. The lowest BCUT2D eigenvalue weighted by molar-refractivity contribution is -0.143. The van der Waals surface area contributed by atoms with Crippen LogP contribution in [0, 0.1) is 0 Å². The summed E-state index contributed by atoms with van der Waals surface area (Å²) in [4.78, 5) is 22.2. The van der Waals surface area contributed by atoms with E-state index in [1.807, 2.05) is 22.6 Å². The van der Waals surface area contributed by atoms with Crippen LogP contribution in [0.5, 0.6) is 0 Å². The van der Waals surface area contributed by atoms with Crippen molar-refractivity contribution in [2.45, 2.75) is 38.8 Å². The smallest absolute Gasteiger partial charge is 0.408 e. The molecule has 88 valence electrons. The number of halogens is 1. The topological polar surface area (TPSA) is 75.6 Å². The fourth-order valence-corrected chi connectivity index (χ4v) is 1.19. The summed E-state index contributed by atoms with van der Waals surface area (Å²) in [5.74, 6) is -1.08. The van der Waals surface area contributed by atoms with Crippen LogP contribution in [-0.2, 0) is 9.53 Å². The lowest BCUT2D eigenvalue weighted by Crippen LogP contribution is -2.54. The molecule has 0 heterocycles. The molecule has 0 spiro atoms. The first kappa shape index (κ1) is 14.5. The van der Waals surface area contributed by atoms with Gasteiger partial charge in [-0.2, -0.15) is 0 Å². The van der Waals surface area contributed by atoms with Gasteiger partial charge in [0.15, 0.2) is 0 Å². The lowest BCUT2D eigenvalue weighted by atomic mass is 10.1. The molecule has 0 fully saturated rings. The summed E-state index contributed by atoms with van der Waals surface area (Å²) in [5.41, 5.74) is -1.92. The van der Waals surface area contributed by atoms with Crippen molar-refractivity contribution in [3.05, 3.63) is 0 Å². The molecule has 0 aliphatic heterocycles. The van der Waals surface area contributed by atoms with Crippen LogP contribution in [-0.4, -0.2) is 32.7 Å². The van der Waals surface area contributed by atoms with Crippen molar-refractivity contribution in [1.82, 2.24) is 5.32 Å². The second-order valence-corrected chi connectivity index (χ2v) is 5.16. The Hall–Kier alpha value is -0.530. The molecular weight excluding hydrogens is 313 g/mol. The van der Waals surface area contributed by atoms with Crippen LogP contribution >= 0.6 is 22.6 Å². The van der Waals surface area contributed by atoms with Gasteiger partial charge in [0.1, 0.15) is 11.1 Å². The predicted octanol–water partition coefficient (Wildman–Crippen LogP) is 1.79. The van der Waals surface area contributed by atoms with E-state index in [2.05, 4.69) is 5.32 Å². The van der Waals surface area contributed by atoms with Gasteiger partial charge in [0.05, 0.1) is 0 Å². The number of carboxylic acid groups (broad SMARTS) is 1. The van der Waals surface area contributed by atoms with Crippen molar-refractivity contribution in [2.24, 2.45) is 0 Å². The van der Waals surface area contributed by atoms with Crippen molar-refractivity contribution in [2.75, 3.05) is 4.43 Å². The van der Waals surface area contributed by atoms with E-state index < -0.39 is 23.2 Å². The zero-order valence-electron chi connectivity index (χ0n) is 9.26. The van der Waals surface area contributed by atoms with E-state index in [9.17, 15) is 9.59 Å². The average Bonchev–Trinajstić information content (AvgIpc) is 1.99. The Morgan fingerprint density at radius 3 is 2.07 bits per heavy atom. The minimum Gasteiger partial charge on any atom is -0.479 e. The first-order valence-corrected chi connectivity index (χ1v) is 5.94. The highest BCUT2D eigenvalue weighted by Crippen LogP contribution is 2.12. The monoisotopic (exact) mass is 329 g/mol. The van der Waals surface area contributed by atoms with E-state index in [0.717, 1.165) is 0 Å². The van der Waals surface area contributed by atoms with Crippen LogP contribution in [0.2, 0.25) is 0 Å². The van der Waals surface area contributed by atoms with Crippen LogP contribution in [0.4, 0.5) is 4.79 Å². The molecule has 2 N–H and O–H groups in total. The fraction of sp³-hybridized carbons (Fsp3) is 0.778. The number of alkyl halides is 1. The highest BCUT2D eigenvalue weighted by Gasteiger charge is 2.35. The minimum atomic E-state index is -1.29. The van der Waals surface area contributed by atoms with E-state index in [1.54, 1.807) is 20.8 Å². The van der Waals surface area contributed by atoms with Crippen molar-refractivity contribution >= 4 is 34.7 Å². The number of ether oxygens (including phenoxy) is 1. The molecule has 5 nitrogen and oxygen atoms in total. The zero-order valence-corrected chi connectivity index (χ0v) is 11.4. The number of nitrogens with one attached hydrogen (secondary N) is 1. The molecular formula is C9H16INO4. The number of carbonyl (C=O) groups is 2. The number of aliphatic carboxylic acids is 1. The minimum absolute atomic E-state index is 0.263. The number of alkyl carbamates (subject to hydrolysis) is 1. The van der Waals surface area contributed by atoms with Gasteiger partial charge < -0.3 is 15.2 Å². The van der Waals surface area contributed by atoms with Crippen LogP contribution < -0.4 is 5.32 Å². The molecule has 15 heavy (non-hydrogen) atoms. The normalized spacial score (nSPS) is 15.3. The van der Waals surface area contributed by atoms with Gasteiger partial charge in [-0.05, 0) is 27.7 Å². The molecule has 0 bridgehead atoms. The Balaban J connectivity index is 4.45. The summed E-state index contributed by atoms with van der Waals surface area (Å²) in [6.45, 7) is 6.59. The van der Waals surface area contributed by atoms with E-state index in [-0.39, 0.29) is 4.43 Å². The summed E-state index contributed by atoms with van der Waals surface area (Å²) in [6.07, 6.45) is -0.718. The van der Waals surface area contributed by atoms with Crippen LogP contribution in [0.15, 0.2) is 0 Å². The molecule has 0 aromatic rings. The maximum atomic E-state index is 11.3. The molecule has 1 atom stereocenters. The number of hydrogen-bond donors (Lipinski definition) is 2. The summed E-state index contributed by atoms with van der Waals surface area (Å²) in [5, 5.41) is 11.2. The number of hydrogen-bond acceptors (Lipinski definition) is 3. The molecule has 0 radical (unpaired) electrons. The molecule has 0 aromatic carbocycles. The Morgan fingerprint density at radius 1 is 1.33 bits per heavy atom. The van der Waals surface area contributed by atoms with Crippen molar-refractivity contribution in [3.63, 3.8) is 0 Å². The van der Waals surface area contributed by atoms with E-state index in [1.165, 1.54) is 6.92 Å². The van der Waals surface area contributed by atoms with Crippen molar-refractivity contribution in [3.8, 4) is 0 Å². The van der Waals surface area contributed by atoms with Gasteiger partial charge in [0.2, 0.25) is 0 Å². The van der Waals surface area contributed by atoms with Crippen molar-refractivity contribution in [1.29, 1.82) is 0 Å². The molecule has 0 aliphatic rings. The highest BCUT2D eigenvalue weighted by molar-refractivity contribution is 14.1. The average molecular weight is 329 g/mol. The molecule has 0 saturated carbocycles. The Labute approximate surface area is 103 Å². The SMILES string of the molecule is CC(C)(C)OC(=O)NC(C)(CI)C(=O)O. The molecule has 6 heteroatoms. The third-order valence-corrected chi connectivity index (χ3v) is 3.04. The summed E-state index contributed by atoms with van der Waals surface area (Å²) in [6, 6.07) is 0. The summed E-state index contributed by atoms with van der Waals surface area (Å²) >= 11 is 1.90. The highest BCUT2D eigenvalue weighted by atomic mass is 127. The third-order valence-electron chi connectivity index (χ3n) is 1.52. The summed E-state index contributed by atoms with van der Waals surface area (Å²) in [7, 11) is 0. The molecule has 1 unspecified atom stereocenters. The Bertz CT molecular complexity index is 261. The van der Waals surface area contributed by atoms with Gasteiger partial charge in [0.25, 0.3) is 0 Å². The van der Waals surface area contributed by atoms with E-state index in [0.29, 0.717) is 0 Å². The van der Waals surface area contributed by atoms with Crippen molar-refractivity contribution < 1.29 is 19.4 Å². The second-order valence-electron chi connectivity index (χ2n) is 4.40. The lowest BCUT2D eigenvalue weighted by Gasteiger charge is -2.26. The number of carbonyl (C=O) groups excluding carboxylic acids is 1. The molecule has 1 amide bonds. The molecule has 0 saturated heterocycles. The van der Waals surface area contributed by atoms with Gasteiger partial charge in [-0.25, -0.2) is 9.59 Å². The maximum Gasteiger partial charge on any atom is 0.408 e. The van der Waals surface area contributed by atoms with Crippen LogP contribution in [0.1, 0.15) is 27.7 Å². The maximum absolute atomic E-state index is 11.3. The van der Waals surface area contributed by atoms with Gasteiger partial charge in [-0.3, -0.25) is 0 Å². The molecule has 0 aliphatic carbocycles. The van der Waals surface area contributed by atoms with Gasteiger partial charge in [-0.15, -0.1) is 0 Å². The third kappa shape index (κ3) is 5.19. The predicted molar refractivity (Wildman–Crippen MR) is 64.3 cm³/mol. The Morgan fingerprint density at radius 2 is 1.80 bits per heavy atom. The second kappa shape index (κ2) is 5.00. The zero-order chi connectivity index (χ0) is 12.3. The number of carboxylic acids is 1. The van der Waals surface area contributed by atoms with E-state index in [4.69, 9.17) is 9.84 Å².